The van der Waals surface area contributed by atoms with Gasteiger partial charge in [0.05, 0.1) is 19.2 Å². The zero-order valence-electron chi connectivity index (χ0n) is 16.6. The number of nitrogens with one attached hydrogen (secondary N) is 1. The smallest absolute Gasteiger partial charge is 0.239 e. The Kier molecular flexibility index (Phi) is 8.23. The first-order valence-electron chi connectivity index (χ1n) is 9.19. The number of hydrogen-bond acceptors (Lipinski definition) is 4. The van der Waals surface area contributed by atoms with Gasteiger partial charge in [0.1, 0.15) is 11.4 Å². The Morgan fingerprint density at radius 3 is 2.52 bits per heavy atom. The summed E-state index contributed by atoms with van der Waals surface area (Å²) in [4.78, 5) is 13.8. The minimum Gasteiger partial charge on any atom is -0.488 e. The molecule has 1 amide bonds. The number of benzene rings is 1. The molecule has 2 N–H and O–H groups in total. The van der Waals surface area contributed by atoms with Gasteiger partial charge in [-0.1, -0.05) is 33.3 Å². The maximum Gasteiger partial charge on any atom is 0.239 e. The second-order valence-corrected chi connectivity index (χ2v) is 7.22. The first-order chi connectivity index (χ1) is 11.8. The van der Waals surface area contributed by atoms with Gasteiger partial charge in [-0.3, -0.25) is 4.79 Å². The Balaban J connectivity index is 0.000000970. The first-order valence-corrected chi connectivity index (χ1v) is 9.19. The van der Waals surface area contributed by atoms with Gasteiger partial charge in [0, 0.05) is 18.8 Å². The summed E-state index contributed by atoms with van der Waals surface area (Å²) in [5.74, 6) is 0.728. The van der Waals surface area contributed by atoms with E-state index in [0.717, 1.165) is 23.4 Å². The molecule has 1 aliphatic heterocycles. The largest absolute Gasteiger partial charge is 0.488 e. The molecule has 5 nitrogen and oxygen atoms in total. The van der Waals surface area contributed by atoms with Gasteiger partial charge in [-0.25, -0.2) is 0 Å². The van der Waals surface area contributed by atoms with Gasteiger partial charge in [0.2, 0.25) is 5.91 Å². The summed E-state index contributed by atoms with van der Waals surface area (Å²) < 4.78 is 6.04. The van der Waals surface area contributed by atoms with Crippen LogP contribution in [0.25, 0.3) is 0 Å². The number of amides is 1. The third kappa shape index (κ3) is 6.58. The number of nitrogens with zero attached hydrogens (tertiary/aromatic N) is 1. The fourth-order valence-electron chi connectivity index (χ4n) is 2.53. The van der Waals surface area contributed by atoms with Crippen LogP contribution in [0.5, 0.6) is 5.75 Å². The Bertz CT molecular complexity index is 558. The van der Waals surface area contributed by atoms with E-state index in [2.05, 4.69) is 39.9 Å². The monoisotopic (exact) mass is 350 g/mol. The van der Waals surface area contributed by atoms with E-state index < -0.39 is 0 Å². The molecule has 0 saturated heterocycles. The second kappa shape index (κ2) is 9.66. The number of aliphatic hydroxyl groups excluding tert-OH is 1. The van der Waals surface area contributed by atoms with Crippen molar-refractivity contribution in [1.29, 1.82) is 0 Å². The van der Waals surface area contributed by atoms with Gasteiger partial charge >= 0.3 is 0 Å². The molecule has 5 heteroatoms. The van der Waals surface area contributed by atoms with Crippen LogP contribution < -0.4 is 15.0 Å². The van der Waals surface area contributed by atoms with Crippen LogP contribution in [0, 0.1) is 0 Å². The van der Waals surface area contributed by atoms with Crippen LogP contribution in [0.3, 0.4) is 0 Å². The van der Waals surface area contributed by atoms with Crippen molar-refractivity contribution in [1.82, 2.24) is 5.32 Å². The van der Waals surface area contributed by atoms with E-state index in [1.807, 2.05) is 30.1 Å². The SMILES string of the molecule is CCC.CCC(C)(C)Oc1ccc2c(c1)N(C)CC(=O)NC(CO)C2. The number of carbonyl (C=O) groups is 1. The molecule has 1 atom stereocenters. The number of likely N-dealkylation sites (N-methyl/N-ethyl adjacent to an activating group) is 1. The van der Waals surface area contributed by atoms with Crippen LogP contribution in [0.15, 0.2) is 18.2 Å². The molecule has 25 heavy (non-hydrogen) atoms. The summed E-state index contributed by atoms with van der Waals surface area (Å²) in [6, 6.07) is 5.73. The standard InChI is InChI=1S/C17H26N2O3.C3H8/c1-5-17(2,3)22-14-7-6-12-8-13(11-20)18-16(21)10-19(4)15(12)9-14;1-3-2/h6-7,9,13,20H,5,8,10-11H2,1-4H3,(H,18,21);3H2,1-2H3. The molecule has 2 rings (SSSR count). The molecule has 1 aliphatic rings. The number of aliphatic hydroxyl groups is 1. The lowest BCUT2D eigenvalue weighted by Gasteiger charge is -2.30. The average Bonchev–Trinajstić information content (AvgIpc) is 2.54. The molecule has 0 fully saturated rings. The minimum absolute atomic E-state index is 0.0595. The van der Waals surface area contributed by atoms with Crippen molar-refractivity contribution < 1.29 is 14.6 Å². The highest BCUT2D eigenvalue weighted by Crippen LogP contribution is 2.30. The summed E-state index contributed by atoms with van der Waals surface area (Å²) in [7, 11) is 1.90. The van der Waals surface area contributed by atoms with Crippen molar-refractivity contribution >= 4 is 11.6 Å². The highest BCUT2D eigenvalue weighted by molar-refractivity contribution is 5.82. The molecule has 1 aromatic rings. The summed E-state index contributed by atoms with van der Waals surface area (Å²) in [5.41, 5.74) is 1.86. The van der Waals surface area contributed by atoms with E-state index in [-0.39, 0.29) is 30.7 Å². The lowest BCUT2D eigenvalue weighted by molar-refractivity contribution is -0.120. The normalized spacial score (nSPS) is 17.5. The molecule has 0 saturated carbocycles. The van der Waals surface area contributed by atoms with Crippen molar-refractivity contribution in [2.75, 3.05) is 25.1 Å². The number of carbonyl (C=O) groups excluding carboxylic acids is 1. The van der Waals surface area contributed by atoms with Gasteiger partial charge in [-0.15, -0.1) is 0 Å². The van der Waals surface area contributed by atoms with E-state index in [1.165, 1.54) is 6.42 Å². The summed E-state index contributed by atoms with van der Waals surface area (Å²) in [6.07, 6.45) is 2.77. The number of rotatable bonds is 4. The molecule has 142 valence electrons. The van der Waals surface area contributed by atoms with Gasteiger partial charge < -0.3 is 20.1 Å². The zero-order chi connectivity index (χ0) is 19.0. The lowest BCUT2D eigenvalue weighted by atomic mass is 10.0. The van der Waals surface area contributed by atoms with Crippen LogP contribution in [0.2, 0.25) is 0 Å². The highest BCUT2D eigenvalue weighted by atomic mass is 16.5. The molecule has 1 aromatic carbocycles. The fourth-order valence-corrected chi connectivity index (χ4v) is 2.53. The quantitative estimate of drug-likeness (QED) is 0.876. The van der Waals surface area contributed by atoms with Crippen LogP contribution >= 0.6 is 0 Å². The van der Waals surface area contributed by atoms with Gasteiger partial charge in [0.25, 0.3) is 0 Å². The maximum absolute atomic E-state index is 11.9. The Morgan fingerprint density at radius 2 is 1.96 bits per heavy atom. The molecule has 0 radical (unpaired) electrons. The van der Waals surface area contributed by atoms with Crippen LogP contribution in [-0.4, -0.2) is 42.9 Å². The minimum atomic E-state index is -0.237. The third-order valence-electron chi connectivity index (χ3n) is 4.15. The molecule has 1 unspecified atom stereocenters. The molecule has 0 aromatic heterocycles. The van der Waals surface area contributed by atoms with Gasteiger partial charge in [-0.05, 0) is 38.3 Å². The topological polar surface area (TPSA) is 61.8 Å². The zero-order valence-corrected chi connectivity index (χ0v) is 16.6. The predicted molar refractivity (Wildman–Crippen MR) is 103 cm³/mol. The van der Waals surface area contributed by atoms with Gasteiger partial charge in [0.15, 0.2) is 0 Å². The van der Waals surface area contributed by atoms with Crippen molar-refractivity contribution in [3.8, 4) is 5.75 Å². The molecular weight excluding hydrogens is 316 g/mol. The predicted octanol–water partition coefficient (Wildman–Crippen LogP) is 3.14. The van der Waals surface area contributed by atoms with Crippen molar-refractivity contribution in [3.05, 3.63) is 23.8 Å². The Labute approximate surface area is 152 Å². The molecule has 0 aliphatic carbocycles. The number of anilines is 1. The number of fused-ring (bicyclic) bond motifs is 1. The third-order valence-corrected chi connectivity index (χ3v) is 4.15. The highest BCUT2D eigenvalue weighted by Gasteiger charge is 2.23. The maximum atomic E-state index is 11.9. The number of ether oxygens (including phenoxy) is 1. The molecule has 0 spiro atoms. The van der Waals surface area contributed by atoms with Crippen molar-refractivity contribution in [2.45, 2.75) is 65.5 Å². The van der Waals surface area contributed by atoms with E-state index in [9.17, 15) is 9.90 Å². The Morgan fingerprint density at radius 1 is 1.32 bits per heavy atom. The van der Waals surface area contributed by atoms with Crippen molar-refractivity contribution in [3.63, 3.8) is 0 Å². The van der Waals surface area contributed by atoms with Crippen molar-refractivity contribution in [2.24, 2.45) is 0 Å². The van der Waals surface area contributed by atoms with Crippen LogP contribution in [0.4, 0.5) is 5.69 Å². The van der Waals surface area contributed by atoms with E-state index >= 15 is 0 Å². The van der Waals surface area contributed by atoms with Crippen LogP contribution in [-0.2, 0) is 11.2 Å². The van der Waals surface area contributed by atoms with E-state index in [4.69, 9.17) is 4.74 Å². The van der Waals surface area contributed by atoms with Crippen LogP contribution in [0.1, 0.15) is 53.0 Å². The fraction of sp³-hybridized carbons (Fsp3) is 0.650. The summed E-state index contributed by atoms with van der Waals surface area (Å²) in [6.45, 7) is 10.7. The molecule has 0 bridgehead atoms. The summed E-state index contributed by atoms with van der Waals surface area (Å²) in [5, 5.41) is 12.2. The number of hydrogen-bond donors (Lipinski definition) is 2. The first kappa shape index (κ1) is 21.3. The van der Waals surface area contributed by atoms with Gasteiger partial charge in [-0.2, -0.15) is 0 Å². The van der Waals surface area contributed by atoms with E-state index in [0.29, 0.717) is 6.42 Å². The summed E-state index contributed by atoms with van der Waals surface area (Å²) >= 11 is 0. The lowest BCUT2D eigenvalue weighted by Crippen LogP contribution is -2.46. The second-order valence-electron chi connectivity index (χ2n) is 7.22. The average molecular weight is 351 g/mol. The molecular formula is C20H34N2O3. The van der Waals surface area contributed by atoms with E-state index in [1.54, 1.807) is 0 Å². The Hall–Kier alpha value is -1.75. The molecule has 1 heterocycles.